The molecule has 13 heavy (non-hydrogen) atoms. The molecule has 1 aliphatic rings. The van der Waals surface area contributed by atoms with Crippen molar-refractivity contribution in [2.24, 2.45) is 0 Å². The summed E-state index contributed by atoms with van der Waals surface area (Å²) in [4.78, 5) is 13.3. The van der Waals surface area contributed by atoms with E-state index in [4.69, 9.17) is 16.7 Å². The Morgan fingerprint density at radius 3 is 2.69 bits per heavy atom. The standard InChI is InChI=1S/C9H16ClNO2/c10-5-1-2-9(13)11(6-7-12)8-3-4-8/h8,12H,1-7H2. The van der Waals surface area contributed by atoms with E-state index in [0.717, 1.165) is 19.3 Å². The van der Waals surface area contributed by atoms with Crippen LogP contribution in [-0.4, -0.2) is 41.0 Å². The van der Waals surface area contributed by atoms with Gasteiger partial charge in [-0.1, -0.05) is 0 Å². The monoisotopic (exact) mass is 205 g/mol. The molecule has 1 fully saturated rings. The molecule has 1 N–H and O–H groups in total. The van der Waals surface area contributed by atoms with Gasteiger partial charge in [-0.25, -0.2) is 0 Å². The molecule has 0 spiro atoms. The van der Waals surface area contributed by atoms with E-state index in [-0.39, 0.29) is 12.5 Å². The Hall–Kier alpha value is -0.280. The molecule has 0 heterocycles. The van der Waals surface area contributed by atoms with Crippen LogP contribution in [0, 0.1) is 0 Å². The van der Waals surface area contributed by atoms with Gasteiger partial charge in [0.15, 0.2) is 0 Å². The number of rotatable bonds is 6. The number of amides is 1. The molecular weight excluding hydrogens is 190 g/mol. The second-order valence-electron chi connectivity index (χ2n) is 3.33. The highest BCUT2D eigenvalue weighted by atomic mass is 35.5. The SMILES string of the molecule is O=C(CCCCl)N(CCO)C1CC1. The molecule has 0 aromatic rings. The van der Waals surface area contributed by atoms with Crippen LogP contribution in [0.2, 0.25) is 0 Å². The van der Waals surface area contributed by atoms with Gasteiger partial charge >= 0.3 is 0 Å². The number of alkyl halides is 1. The maximum atomic E-state index is 11.5. The average molecular weight is 206 g/mol. The summed E-state index contributed by atoms with van der Waals surface area (Å²) in [5.74, 6) is 0.667. The van der Waals surface area contributed by atoms with Crippen LogP contribution in [0.5, 0.6) is 0 Å². The summed E-state index contributed by atoms with van der Waals surface area (Å²) in [6, 6.07) is 0.398. The quantitative estimate of drug-likeness (QED) is 0.657. The molecule has 0 saturated heterocycles. The molecular formula is C9H16ClNO2. The maximum Gasteiger partial charge on any atom is 0.222 e. The third-order valence-corrected chi connectivity index (χ3v) is 2.44. The van der Waals surface area contributed by atoms with Crippen LogP contribution in [0.4, 0.5) is 0 Å². The van der Waals surface area contributed by atoms with Crippen LogP contribution in [0.1, 0.15) is 25.7 Å². The van der Waals surface area contributed by atoms with Crippen LogP contribution in [0.3, 0.4) is 0 Å². The van der Waals surface area contributed by atoms with E-state index in [2.05, 4.69) is 0 Å². The topological polar surface area (TPSA) is 40.5 Å². The van der Waals surface area contributed by atoms with Gasteiger partial charge in [-0.2, -0.15) is 0 Å². The molecule has 1 amide bonds. The van der Waals surface area contributed by atoms with Crippen molar-refractivity contribution < 1.29 is 9.90 Å². The number of hydrogen-bond donors (Lipinski definition) is 1. The molecule has 3 nitrogen and oxygen atoms in total. The fourth-order valence-corrected chi connectivity index (χ4v) is 1.50. The van der Waals surface area contributed by atoms with E-state index in [1.54, 1.807) is 4.90 Å². The molecule has 4 heteroatoms. The van der Waals surface area contributed by atoms with E-state index in [1.807, 2.05) is 0 Å². The van der Waals surface area contributed by atoms with Gasteiger partial charge in [0, 0.05) is 24.9 Å². The van der Waals surface area contributed by atoms with Crippen LogP contribution < -0.4 is 0 Å². The fourth-order valence-electron chi connectivity index (χ4n) is 1.37. The summed E-state index contributed by atoms with van der Waals surface area (Å²) in [5.41, 5.74) is 0. The summed E-state index contributed by atoms with van der Waals surface area (Å²) in [6.07, 6.45) is 3.42. The highest BCUT2D eigenvalue weighted by molar-refractivity contribution is 6.17. The van der Waals surface area contributed by atoms with Gasteiger partial charge in [0.05, 0.1) is 6.61 Å². The van der Waals surface area contributed by atoms with Gasteiger partial charge in [-0.3, -0.25) is 4.79 Å². The Kier molecular flexibility index (Phi) is 4.53. The van der Waals surface area contributed by atoms with Gasteiger partial charge in [0.1, 0.15) is 0 Å². The fraction of sp³-hybridized carbons (Fsp3) is 0.889. The minimum atomic E-state index is 0.0586. The lowest BCUT2D eigenvalue weighted by Gasteiger charge is -2.20. The first-order valence-electron chi connectivity index (χ1n) is 4.76. The zero-order valence-corrected chi connectivity index (χ0v) is 8.46. The van der Waals surface area contributed by atoms with Crippen molar-refractivity contribution in [2.45, 2.75) is 31.7 Å². The number of aliphatic hydroxyl groups is 1. The van der Waals surface area contributed by atoms with Crippen LogP contribution in [0.15, 0.2) is 0 Å². The molecule has 0 aromatic carbocycles. The Morgan fingerprint density at radius 2 is 2.23 bits per heavy atom. The Labute approximate surface area is 83.7 Å². The van der Waals surface area contributed by atoms with Gasteiger partial charge in [-0.05, 0) is 19.3 Å². The number of carbonyl (C=O) groups excluding carboxylic acids is 1. The predicted molar refractivity (Wildman–Crippen MR) is 51.8 cm³/mol. The lowest BCUT2D eigenvalue weighted by Crippen LogP contribution is -2.35. The number of carbonyl (C=O) groups is 1. The second-order valence-corrected chi connectivity index (χ2v) is 3.71. The maximum absolute atomic E-state index is 11.5. The molecule has 0 unspecified atom stereocenters. The molecule has 1 aliphatic carbocycles. The molecule has 0 bridgehead atoms. The van der Waals surface area contributed by atoms with Gasteiger partial charge < -0.3 is 10.0 Å². The van der Waals surface area contributed by atoms with Crippen molar-refractivity contribution in [3.63, 3.8) is 0 Å². The number of hydrogen-bond acceptors (Lipinski definition) is 2. The lowest BCUT2D eigenvalue weighted by molar-refractivity contribution is -0.132. The van der Waals surface area contributed by atoms with E-state index in [0.29, 0.717) is 24.9 Å². The molecule has 1 rings (SSSR count). The van der Waals surface area contributed by atoms with Crippen molar-refractivity contribution in [3.05, 3.63) is 0 Å². The van der Waals surface area contributed by atoms with Crippen molar-refractivity contribution in [1.82, 2.24) is 4.90 Å². The molecule has 0 aliphatic heterocycles. The lowest BCUT2D eigenvalue weighted by atomic mass is 10.3. The summed E-state index contributed by atoms with van der Waals surface area (Å²) < 4.78 is 0. The van der Waals surface area contributed by atoms with Crippen molar-refractivity contribution in [2.75, 3.05) is 19.0 Å². The first-order valence-corrected chi connectivity index (χ1v) is 5.29. The zero-order valence-electron chi connectivity index (χ0n) is 7.71. The smallest absolute Gasteiger partial charge is 0.222 e. The largest absolute Gasteiger partial charge is 0.395 e. The van der Waals surface area contributed by atoms with Crippen molar-refractivity contribution in [1.29, 1.82) is 0 Å². The highest BCUT2D eigenvalue weighted by Crippen LogP contribution is 2.27. The third-order valence-electron chi connectivity index (χ3n) is 2.17. The van der Waals surface area contributed by atoms with Gasteiger partial charge in [0.2, 0.25) is 5.91 Å². The Morgan fingerprint density at radius 1 is 1.54 bits per heavy atom. The van der Waals surface area contributed by atoms with Crippen LogP contribution in [-0.2, 0) is 4.79 Å². The predicted octanol–water partition coefficient (Wildman–Crippen LogP) is 0.989. The summed E-state index contributed by atoms with van der Waals surface area (Å²) >= 11 is 5.50. The number of nitrogens with zero attached hydrogens (tertiary/aromatic N) is 1. The highest BCUT2D eigenvalue weighted by Gasteiger charge is 2.31. The van der Waals surface area contributed by atoms with Crippen LogP contribution in [0.25, 0.3) is 0 Å². The number of aliphatic hydroxyl groups excluding tert-OH is 1. The average Bonchev–Trinajstić information content (AvgIpc) is 2.93. The van der Waals surface area contributed by atoms with Crippen molar-refractivity contribution in [3.8, 4) is 0 Å². The second kappa shape index (κ2) is 5.45. The minimum Gasteiger partial charge on any atom is -0.395 e. The minimum absolute atomic E-state index is 0.0586. The van der Waals surface area contributed by atoms with E-state index in [1.165, 1.54) is 0 Å². The van der Waals surface area contributed by atoms with E-state index in [9.17, 15) is 4.79 Å². The van der Waals surface area contributed by atoms with Gasteiger partial charge in [0.25, 0.3) is 0 Å². The normalized spacial score (nSPS) is 15.8. The molecule has 0 radical (unpaired) electrons. The Bertz CT molecular complexity index is 171. The van der Waals surface area contributed by atoms with Crippen LogP contribution >= 0.6 is 11.6 Å². The van der Waals surface area contributed by atoms with Crippen molar-refractivity contribution >= 4 is 17.5 Å². The van der Waals surface area contributed by atoms with Gasteiger partial charge in [-0.15, -0.1) is 11.6 Å². The summed E-state index contributed by atoms with van der Waals surface area (Å²) in [6.45, 7) is 0.537. The van der Waals surface area contributed by atoms with E-state index >= 15 is 0 Å². The first kappa shape index (κ1) is 10.8. The third kappa shape index (κ3) is 3.53. The first-order chi connectivity index (χ1) is 6.29. The Balaban J connectivity index is 2.29. The zero-order chi connectivity index (χ0) is 9.68. The molecule has 0 atom stereocenters. The number of halogens is 1. The summed E-state index contributed by atoms with van der Waals surface area (Å²) in [7, 11) is 0. The molecule has 1 saturated carbocycles. The molecule has 76 valence electrons. The van der Waals surface area contributed by atoms with E-state index < -0.39 is 0 Å². The summed E-state index contributed by atoms with van der Waals surface area (Å²) in [5, 5.41) is 8.77. The molecule has 0 aromatic heterocycles.